The van der Waals surface area contributed by atoms with Crippen LogP contribution in [0.1, 0.15) is 11.3 Å². The van der Waals surface area contributed by atoms with Crippen LogP contribution in [0, 0.1) is 0 Å². The van der Waals surface area contributed by atoms with Crippen LogP contribution in [-0.4, -0.2) is 24.2 Å². The summed E-state index contributed by atoms with van der Waals surface area (Å²) in [6.45, 7) is 0. The molecule has 18 heavy (non-hydrogen) atoms. The first kappa shape index (κ1) is 12.5. The van der Waals surface area contributed by atoms with Crippen molar-refractivity contribution in [3.63, 3.8) is 0 Å². The van der Waals surface area contributed by atoms with Crippen molar-refractivity contribution in [3.8, 4) is 0 Å². The van der Waals surface area contributed by atoms with Crippen molar-refractivity contribution >= 4 is 5.95 Å². The number of hydrogen-bond donors (Lipinski definition) is 1. The molecule has 5 heteroatoms. The Bertz CT molecular complexity index is 513. The molecule has 0 aliphatic heterocycles. The van der Waals surface area contributed by atoms with Gasteiger partial charge in [-0.1, -0.05) is 30.3 Å². The smallest absolute Gasteiger partial charge is 0.239 e. The molecule has 0 unspecified atom stereocenters. The summed E-state index contributed by atoms with van der Waals surface area (Å²) >= 11 is 0. The van der Waals surface area contributed by atoms with Gasteiger partial charge >= 0.3 is 0 Å². The Labute approximate surface area is 106 Å². The Kier molecular flexibility index (Phi) is 3.55. The standard InChI is InChI=1S/C13H15N3O2/c1-17-13(18-2,10-6-4-3-5-7-10)11-8-9-15-12(14)16-11/h3-9H,1-2H3,(H2,14,15,16). The minimum Gasteiger partial charge on any atom is -0.368 e. The number of ether oxygens (including phenoxy) is 2. The molecule has 0 spiro atoms. The number of nitrogen functional groups attached to an aromatic ring is 1. The summed E-state index contributed by atoms with van der Waals surface area (Å²) in [6, 6.07) is 11.3. The van der Waals surface area contributed by atoms with Crippen LogP contribution >= 0.6 is 0 Å². The monoisotopic (exact) mass is 245 g/mol. The van der Waals surface area contributed by atoms with Crippen molar-refractivity contribution in [2.45, 2.75) is 5.79 Å². The predicted octanol–water partition coefficient (Wildman–Crippen LogP) is 1.55. The second-order valence-corrected chi connectivity index (χ2v) is 3.69. The fourth-order valence-electron chi connectivity index (χ4n) is 1.89. The first-order valence-electron chi connectivity index (χ1n) is 5.48. The molecule has 5 nitrogen and oxygen atoms in total. The van der Waals surface area contributed by atoms with Crippen LogP contribution in [0.2, 0.25) is 0 Å². The van der Waals surface area contributed by atoms with Gasteiger partial charge < -0.3 is 15.2 Å². The van der Waals surface area contributed by atoms with Crippen LogP contribution in [0.15, 0.2) is 42.6 Å². The zero-order valence-electron chi connectivity index (χ0n) is 10.3. The van der Waals surface area contributed by atoms with E-state index in [1.165, 1.54) is 0 Å². The highest BCUT2D eigenvalue weighted by molar-refractivity contribution is 5.31. The normalized spacial score (nSPS) is 11.4. The van der Waals surface area contributed by atoms with E-state index in [0.717, 1.165) is 5.56 Å². The molecule has 0 bridgehead atoms. The molecule has 2 rings (SSSR count). The summed E-state index contributed by atoms with van der Waals surface area (Å²) in [6.07, 6.45) is 1.58. The SMILES string of the molecule is COC(OC)(c1ccccc1)c1ccnc(N)n1. The van der Waals surface area contributed by atoms with Gasteiger partial charge in [-0.05, 0) is 6.07 Å². The highest BCUT2D eigenvalue weighted by Crippen LogP contribution is 2.32. The third-order valence-corrected chi connectivity index (χ3v) is 2.74. The van der Waals surface area contributed by atoms with Crippen molar-refractivity contribution in [3.05, 3.63) is 53.9 Å². The van der Waals surface area contributed by atoms with Crippen LogP contribution in [-0.2, 0) is 15.3 Å². The molecule has 0 aliphatic rings. The van der Waals surface area contributed by atoms with Crippen LogP contribution in [0.3, 0.4) is 0 Å². The summed E-state index contributed by atoms with van der Waals surface area (Å²) in [5.41, 5.74) is 7.01. The van der Waals surface area contributed by atoms with Gasteiger partial charge in [-0.25, -0.2) is 9.97 Å². The number of benzene rings is 1. The van der Waals surface area contributed by atoms with Crippen molar-refractivity contribution in [2.24, 2.45) is 0 Å². The van der Waals surface area contributed by atoms with Crippen LogP contribution in [0.4, 0.5) is 5.95 Å². The number of hydrogen-bond acceptors (Lipinski definition) is 5. The van der Waals surface area contributed by atoms with Gasteiger partial charge in [-0.3, -0.25) is 0 Å². The van der Waals surface area contributed by atoms with E-state index in [0.29, 0.717) is 5.69 Å². The van der Waals surface area contributed by atoms with E-state index in [2.05, 4.69) is 9.97 Å². The molecule has 1 heterocycles. The van der Waals surface area contributed by atoms with Crippen LogP contribution < -0.4 is 5.73 Å². The fourth-order valence-corrected chi connectivity index (χ4v) is 1.89. The van der Waals surface area contributed by atoms with Crippen LogP contribution in [0.5, 0.6) is 0 Å². The van der Waals surface area contributed by atoms with Crippen LogP contribution in [0.25, 0.3) is 0 Å². The molecular weight excluding hydrogens is 230 g/mol. The lowest BCUT2D eigenvalue weighted by molar-refractivity contribution is -0.186. The Balaban J connectivity index is 2.57. The van der Waals surface area contributed by atoms with E-state index in [9.17, 15) is 0 Å². The summed E-state index contributed by atoms with van der Waals surface area (Å²) in [5.74, 6) is -0.889. The zero-order chi connectivity index (χ0) is 13.0. The summed E-state index contributed by atoms with van der Waals surface area (Å²) in [7, 11) is 3.13. The van der Waals surface area contributed by atoms with Gasteiger partial charge in [-0.2, -0.15) is 0 Å². The summed E-state index contributed by atoms with van der Waals surface area (Å²) < 4.78 is 11.1. The molecule has 0 saturated heterocycles. The van der Waals surface area contributed by atoms with Gasteiger partial charge in [0.05, 0.1) is 0 Å². The van der Waals surface area contributed by atoms with E-state index in [-0.39, 0.29) is 5.95 Å². The molecule has 2 N–H and O–H groups in total. The molecule has 1 aromatic heterocycles. The number of nitrogens with zero attached hydrogens (tertiary/aromatic N) is 2. The van der Waals surface area contributed by atoms with E-state index >= 15 is 0 Å². The van der Waals surface area contributed by atoms with E-state index in [1.807, 2.05) is 30.3 Å². The first-order chi connectivity index (χ1) is 8.73. The number of aromatic nitrogens is 2. The fraction of sp³-hybridized carbons (Fsp3) is 0.231. The highest BCUT2D eigenvalue weighted by Gasteiger charge is 2.36. The van der Waals surface area contributed by atoms with E-state index in [1.54, 1.807) is 26.5 Å². The molecule has 94 valence electrons. The third kappa shape index (κ3) is 2.05. The number of methoxy groups -OCH3 is 2. The summed E-state index contributed by atoms with van der Waals surface area (Å²) in [5, 5.41) is 0. The first-order valence-corrected chi connectivity index (χ1v) is 5.48. The van der Waals surface area contributed by atoms with Gasteiger partial charge in [0.2, 0.25) is 11.7 Å². The molecule has 0 amide bonds. The quantitative estimate of drug-likeness (QED) is 0.827. The van der Waals surface area contributed by atoms with Crippen molar-refractivity contribution in [1.29, 1.82) is 0 Å². The molecule has 0 saturated carbocycles. The van der Waals surface area contributed by atoms with Crippen molar-refractivity contribution in [2.75, 3.05) is 20.0 Å². The number of anilines is 1. The third-order valence-electron chi connectivity index (χ3n) is 2.74. The maximum absolute atomic E-state index is 5.61. The Hall–Kier alpha value is -1.98. The molecule has 0 aliphatic carbocycles. The molecule has 0 atom stereocenters. The molecule has 0 fully saturated rings. The molecule has 1 aromatic carbocycles. The average Bonchev–Trinajstić information content (AvgIpc) is 2.42. The van der Waals surface area contributed by atoms with Gasteiger partial charge in [0, 0.05) is 26.0 Å². The van der Waals surface area contributed by atoms with Crippen molar-refractivity contribution in [1.82, 2.24) is 9.97 Å². The summed E-state index contributed by atoms with van der Waals surface area (Å²) in [4.78, 5) is 8.05. The zero-order valence-corrected chi connectivity index (χ0v) is 10.3. The largest absolute Gasteiger partial charge is 0.368 e. The Morgan fingerprint density at radius 1 is 1.06 bits per heavy atom. The van der Waals surface area contributed by atoms with Gasteiger partial charge in [-0.15, -0.1) is 0 Å². The number of rotatable bonds is 4. The average molecular weight is 245 g/mol. The lowest BCUT2D eigenvalue weighted by Crippen LogP contribution is -2.33. The molecular formula is C13H15N3O2. The van der Waals surface area contributed by atoms with Gasteiger partial charge in [0.1, 0.15) is 5.69 Å². The maximum Gasteiger partial charge on any atom is 0.239 e. The highest BCUT2D eigenvalue weighted by atomic mass is 16.7. The van der Waals surface area contributed by atoms with E-state index < -0.39 is 5.79 Å². The lowest BCUT2D eigenvalue weighted by atomic mass is 10.0. The Morgan fingerprint density at radius 2 is 1.72 bits per heavy atom. The van der Waals surface area contributed by atoms with E-state index in [4.69, 9.17) is 15.2 Å². The number of nitrogens with two attached hydrogens (primary N) is 1. The maximum atomic E-state index is 5.61. The topological polar surface area (TPSA) is 70.3 Å². The minimum absolute atomic E-state index is 0.182. The van der Waals surface area contributed by atoms with Crippen molar-refractivity contribution < 1.29 is 9.47 Å². The Morgan fingerprint density at radius 3 is 2.28 bits per heavy atom. The lowest BCUT2D eigenvalue weighted by Gasteiger charge is -2.30. The second kappa shape index (κ2) is 5.12. The second-order valence-electron chi connectivity index (χ2n) is 3.69. The van der Waals surface area contributed by atoms with Gasteiger partial charge in [0.15, 0.2) is 0 Å². The predicted molar refractivity (Wildman–Crippen MR) is 67.7 cm³/mol. The minimum atomic E-state index is -1.07. The van der Waals surface area contributed by atoms with Gasteiger partial charge in [0.25, 0.3) is 0 Å². The molecule has 0 radical (unpaired) electrons. The molecule has 2 aromatic rings.